The van der Waals surface area contributed by atoms with Gasteiger partial charge in [-0.05, 0) is 24.3 Å². The van der Waals surface area contributed by atoms with Crippen LogP contribution in [0.4, 0.5) is 0 Å². The molecule has 4 rings (SSSR count). The van der Waals surface area contributed by atoms with Gasteiger partial charge in [-0.15, -0.1) is 0 Å². The van der Waals surface area contributed by atoms with E-state index in [1.165, 1.54) is 0 Å². The molecule has 0 atom stereocenters. The molecule has 90 valence electrons. The quantitative estimate of drug-likeness (QED) is 0.518. The Kier molecular flexibility index (Phi) is 2.08. The minimum absolute atomic E-state index is 0.778. The van der Waals surface area contributed by atoms with Gasteiger partial charge in [0.1, 0.15) is 0 Å². The summed E-state index contributed by atoms with van der Waals surface area (Å²) >= 11 is 0. The Morgan fingerprint density at radius 3 is 2.68 bits per heavy atom. The lowest BCUT2D eigenvalue weighted by Crippen LogP contribution is -1.99. The number of benzene rings is 1. The van der Waals surface area contributed by atoms with Gasteiger partial charge < -0.3 is 0 Å². The third-order valence-electron chi connectivity index (χ3n) is 3.11. The van der Waals surface area contributed by atoms with Crippen molar-refractivity contribution in [3.05, 3.63) is 60.9 Å². The molecular weight excluding hydrogens is 236 g/mol. The zero-order chi connectivity index (χ0) is 12.7. The lowest BCUT2D eigenvalue weighted by molar-refractivity contribution is 0.865. The van der Waals surface area contributed by atoms with Crippen LogP contribution in [0.2, 0.25) is 0 Å². The molecule has 0 radical (unpaired) electrons. The topological polar surface area (TPSA) is 43.6 Å². The van der Waals surface area contributed by atoms with Crippen LogP contribution in [0.25, 0.3) is 27.8 Å². The maximum absolute atomic E-state index is 4.67. The molecule has 0 fully saturated rings. The monoisotopic (exact) mass is 246 g/mol. The zero-order valence-electron chi connectivity index (χ0n) is 10.1. The molecule has 0 N–H and O–H groups in total. The maximum atomic E-state index is 4.67. The molecule has 0 spiro atoms. The highest BCUT2D eigenvalue weighted by molar-refractivity contribution is 5.91. The fourth-order valence-electron chi connectivity index (χ4n) is 2.21. The third kappa shape index (κ3) is 1.57. The summed E-state index contributed by atoms with van der Waals surface area (Å²) in [4.78, 5) is 8.99. The number of aromatic nitrogens is 4. The summed E-state index contributed by atoms with van der Waals surface area (Å²) in [5.41, 5.74) is 1.80. The van der Waals surface area contributed by atoms with Crippen molar-refractivity contribution in [1.82, 2.24) is 19.7 Å². The van der Waals surface area contributed by atoms with Crippen molar-refractivity contribution in [3.8, 4) is 5.82 Å². The number of fused-ring (bicyclic) bond motifs is 2. The Morgan fingerprint density at radius 1 is 0.895 bits per heavy atom. The van der Waals surface area contributed by atoms with Gasteiger partial charge in [-0.25, -0.2) is 9.97 Å². The number of nitrogens with zero attached hydrogens (tertiary/aromatic N) is 4. The van der Waals surface area contributed by atoms with Crippen molar-refractivity contribution in [3.63, 3.8) is 0 Å². The Balaban J connectivity index is 2.05. The number of pyridine rings is 2. The second kappa shape index (κ2) is 3.88. The average molecular weight is 246 g/mol. The van der Waals surface area contributed by atoms with Crippen LogP contribution in [-0.4, -0.2) is 19.7 Å². The standard InChI is InChI=1S/C15H10N4/c1-2-6-13-11(5-1)9-12-10-17-19(15(12)18-13)14-7-3-4-8-16-14/h1-10H. The normalized spacial score (nSPS) is 11.2. The minimum atomic E-state index is 0.778. The van der Waals surface area contributed by atoms with E-state index >= 15 is 0 Å². The van der Waals surface area contributed by atoms with Crippen molar-refractivity contribution in [2.24, 2.45) is 0 Å². The first-order valence-electron chi connectivity index (χ1n) is 6.07. The van der Waals surface area contributed by atoms with E-state index in [0.29, 0.717) is 0 Å². The highest BCUT2D eigenvalue weighted by Crippen LogP contribution is 2.20. The highest BCUT2D eigenvalue weighted by Gasteiger charge is 2.08. The molecule has 0 amide bonds. The molecule has 1 aromatic carbocycles. The number of rotatable bonds is 1. The van der Waals surface area contributed by atoms with E-state index < -0.39 is 0 Å². The molecule has 4 nitrogen and oxygen atoms in total. The van der Waals surface area contributed by atoms with Crippen LogP contribution >= 0.6 is 0 Å². The Morgan fingerprint density at radius 2 is 1.79 bits per heavy atom. The summed E-state index contributed by atoms with van der Waals surface area (Å²) in [6, 6.07) is 15.9. The molecule has 4 aromatic rings. The van der Waals surface area contributed by atoms with Gasteiger partial charge in [0.25, 0.3) is 0 Å². The molecule has 0 aliphatic carbocycles. The second-order valence-electron chi connectivity index (χ2n) is 4.34. The van der Waals surface area contributed by atoms with Gasteiger partial charge in [-0.3, -0.25) is 0 Å². The summed E-state index contributed by atoms with van der Waals surface area (Å²) in [6.45, 7) is 0. The molecule has 0 saturated carbocycles. The predicted molar refractivity (Wildman–Crippen MR) is 74.2 cm³/mol. The SMILES string of the molecule is c1ccc(-n2ncc3cc4ccccc4nc32)nc1. The first-order valence-corrected chi connectivity index (χ1v) is 6.07. The van der Waals surface area contributed by atoms with Crippen LogP contribution in [0.15, 0.2) is 60.9 Å². The van der Waals surface area contributed by atoms with Crippen molar-refractivity contribution in [2.75, 3.05) is 0 Å². The minimum Gasteiger partial charge on any atom is -0.237 e. The van der Waals surface area contributed by atoms with Crippen LogP contribution in [0.3, 0.4) is 0 Å². The fraction of sp³-hybridized carbons (Fsp3) is 0. The highest BCUT2D eigenvalue weighted by atomic mass is 15.3. The van der Waals surface area contributed by atoms with E-state index in [0.717, 1.165) is 27.8 Å². The lowest BCUT2D eigenvalue weighted by atomic mass is 10.2. The van der Waals surface area contributed by atoms with Gasteiger partial charge >= 0.3 is 0 Å². The second-order valence-corrected chi connectivity index (χ2v) is 4.34. The zero-order valence-corrected chi connectivity index (χ0v) is 10.1. The van der Waals surface area contributed by atoms with Crippen molar-refractivity contribution >= 4 is 21.9 Å². The first kappa shape index (κ1) is 10.2. The summed E-state index contributed by atoms with van der Waals surface area (Å²) in [6.07, 6.45) is 3.58. The average Bonchev–Trinajstić information content (AvgIpc) is 2.88. The summed E-state index contributed by atoms with van der Waals surface area (Å²) in [7, 11) is 0. The fourth-order valence-corrected chi connectivity index (χ4v) is 2.21. The Labute approximate surface area is 109 Å². The van der Waals surface area contributed by atoms with Crippen molar-refractivity contribution < 1.29 is 0 Å². The Bertz CT molecular complexity index is 865. The van der Waals surface area contributed by atoms with Crippen molar-refractivity contribution in [2.45, 2.75) is 0 Å². The van der Waals surface area contributed by atoms with Gasteiger partial charge in [0, 0.05) is 17.0 Å². The predicted octanol–water partition coefficient (Wildman–Crippen LogP) is 2.97. The number of hydrogen-bond acceptors (Lipinski definition) is 3. The molecule has 4 heteroatoms. The van der Waals surface area contributed by atoms with Crippen LogP contribution in [-0.2, 0) is 0 Å². The molecule has 0 unspecified atom stereocenters. The van der Waals surface area contributed by atoms with Gasteiger partial charge in [0.15, 0.2) is 11.5 Å². The van der Waals surface area contributed by atoms with E-state index in [4.69, 9.17) is 0 Å². The molecular formula is C15H10N4. The lowest BCUT2D eigenvalue weighted by Gasteiger charge is -2.02. The molecule has 0 saturated heterocycles. The van der Waals surface area contributed by atoms with E-state index in [1.54, 1.807) is 10.9 Å². The first-order chi connectivity index (χ1) is 9.42. The maximum Gasteiger partial charge on any atom is 0.165 e. The van der Waals surface area contributed by atoms with Crippen LogP contribution in [0, 0.1) is 0 Å². The van der Waals surface area contributed by atoms with Gasteiger partial charge in [-0.1, -0.05) is 24.3 Å². The van der Waals surface area contributed by atoms with Crippen molar-refractivity contribution in [1.29, 1.82) is 0 Å². The van der Waals surface area contributed by atoms with E-state index in [2.05, 4.69) is 27.2 Å². The third-order valence-corrected chi connectivity index (χ3v) is 3.11. The molecule has 3 aromatic heterocycles. The van der Waals surface area contributed by atoms with Crippen LogP contribution in [0.1, 0.15) is 0 Å². The molecule has 3 heterocycles. The van der Waals surface area contributed by atoms with Gasteiger partial charge in [0.05, 0.1) is 11.7 Å². The number of para-hydroxylation sites is 1. The van der Waals surface area contributed by atoms with E-state index in [1.807, 2.05) is 42.6 Å². The molecule has 0 aliphatic heterocycles. The largest absolute Gasteiger partial charge is 0.237 e. The van der Waals surface area contributed by atoms with E-state index in [9.17, 15) is 0 Å². The smallest absolute Gasteiger partial charge is 0.165 e. The van der Waals surface area contributed by atoms with Crippen LogP contribution in [0.5, 0.6) is 0 Å². The van der Waals surface area contributed by atoms with E-state index in [-0.39, 0.29) is 0 Å². The number of hydrogen-bond donors (Lipinski definition) is 0. The van der Waals surface area contributed by atoms with Gasteiger partial charge in [-0.2, -0.15) is 9.78 Å². The summed E-state index contributed by atoms with van der Waals surface area (Å²) < 4.78 is 1.77. The molecule has 19 heavy (non-hydrogen) atoms. The van der Waals surface area contributed by atoms with Crippen LogP contribution < -0.4 is 0 Å². The Hall–Kier alpha value is -2.75. The summed E-state index contributed by atoms with van der Waals surface area (Å²) in [5, 5.41) is 6.52. The summed E-state index contributed by atoms with van der Waals surface area (Å²) in [5.74, 6) is 0.778. The van der Waals surface area contributed by atoms with Gasteiger partial charge in [0.2, 0.25) is 0 Å². The molecule has 0 aliphatic rings. The molecule has 0 bridgehead atoms.